The van der Waals surface area contributed by atoms with Gasteiger partial charge in [0, 0.05) is 11.1 Å². The number of carboxylic acid groups (broad SMARTS) is 1. The quantitative estimate of drug-likeness (QED) is 0.788. The van der Waals surface area contributed by atoms with Gasteiger partial charge in [-0.15, -0.1) is 0 Å². The Bertz CT molecular complexity index is 423. The molecule has 2 rings (SSSR count). The van der Waals surface area contributed by atoms with Crippen molar-refractivity contribution in [3.05, 3.63) is 28.5 Å². The second kappa shape index (κ2) is 3.71. The monoisotopic (exact) mass is 241 g/mol. The topological polar surface area (TPSA) is 70.4 Å². The number of aryl methyl sites for hydroxylation is 1. The predicted molar refractivity (Wildman–Crippen MR) is 58.5 cm³/mol. The summed E-state index contributed by atoms with van der Waals surface area (Å²) < 4.78 is 0. The molecule has 1 fully saturated rings. The van der Waals surface area contributed by atoms with E-state index in [9.17, 15) is 9.90 Å². The molecule has 0 saturated heterocycles. The van der Waals surface area contributed by atoms with Crippen molar-refractivity contribution in [3.63, 3.8) is 0 Å². The predicted octanol–water partition coefficient (Wildman–Crippen LogP) is 1.52. The fourth-order valence-electron chi connectivity index (χ4n) is 2.01. The summed E-state index contributed by atoms with van der Waals surface area (Å²) in [7, 11) is 0. The largest absolute Gasteiger partial charge is 0.479 e. The van der Waals surface area contributed by atoms with E-state index in [1.807, 2.05) is 0 Å². The molecule has 2 N–H and O–H groups in total. The maximum atomic E-state index is 10.8. The van der Waals surface area contributed by atoms with Crippen LogP contribution < -0.4 is 0 Å². The van der Waals surface area contributed by atoms with Crippen molar-refractivity contribution in [2.75, 3.05) is 0 Å². The normalized spacial score (nSPS) is 19.2. The second-order valence-corrected chi connectivity index (χ2v) is 4.60. The summed E-state index contributed by atoms with van der Waals surface area (Å²) in [5, 5.41) is 18.9. The van der Waals surface area contributed by atoms with Crippen molar-refractivity contribution in [2.24, 2.45) is 0 Å². The van der Waals surface area contributed by atoms with Crippen LogP contribution in [0.15, 0.2) is 12.1 Å². The SMILES string of the molecule is Cc1cc(C2(C(O)C(=O)O)CC2)cc(Cl)n1. The minimum Gasteiger partial charge on any atom is -0.479 e. The molecule has 1 heterocycles. The summed E-state index contributed by atoms with van der Waals surface area (Å²) in [6.07, 6.45) is -0.0362. The molecule has 16 heavy (non-hydrogen) atoms. The number of aromatic nitrogens is 1. The summed E-state index contributed by atoms with van der Waals surface area (Å²) >= 11 is 5.83. The van der Waals surface area contributed by atoms with Crippen LogP contribution >= 0.6 is 11.6 Å². The van der Waals surface area contributed by atoms with Gasteiger partial charge in [0.2, 0.25) is 0 Å². The minimum atomic E-state index is -1.37. The van der Waals surface area contributed by atoms with E-state index in [1.165, 1.54) is 0 Å². The number of hydrogen-bond acceptors (Lipinski definition) is 3. The highest BCUT2D eigenvalue weighted by Gasteiger charge is 2.53. The first-order chi connectivity index (χ1) is 7.45. The number of carboxylic acids is 1. The average Bonchev–Trinajstić information content (AvgIpc) is 2.95. The molecule has 4 nitrogen and oxygen atoms in total. The molecule has 1 unspecified atom stereocenters. The van der Waals surface area contributed by atoms with E-state index < -0.39 is 17.5 Å². The summed E-state index contributed by atoms with van der Waals surface area (Å²) in [6.45, 7) is 1.79. The number of hydrogen-bond donors (Lipinski definition) is 2. The summed E-state index contributed by atoms with van der Waals surface area (Å²) in [5.41, 5.74) is 0.828. The van der Waals surface area contributed by atoms with Gasteiger partial charge in [-0.25, -0.2) is 9.78 Å². The fourth-order valence-corrected chi connectivity index (χ4v) is 2.26. The molecule has 1 aromatic heterocycles. The molecule has 1 aliphatic carbocycles. The lowest BCUT2D eigenvalue weighted by molar-refractivity contribution is -0.148. The van der Waals surface area contributed by atoms with Crippen molar-refractivity contribution in [1.29, 1.82) is 0 Å². The van der Waals surface area contributed by atoms with E-state index in [0.717, 1.165) is 11.3 Å². The van der Waals surface area contributed by atoms with E-state index in [2.05, 4.69) is 4.98 Å². The molecular formula is C11H12ClNO3. The Morgan fingerprint density at radius 2 is 2.19 bits per heavy atom. The number of rotatable bonds is 3. The van der Waals surface area contributed by atoms with Crippen LogP contribution in [0.1, 0.15) is 24.1 Å². The van der Waals surface area contributed by atoms with Gasteiger partial charge in [-0.2, -0.15) is 0 Å². The molecule has 5 heteroatoms. The molecule has 1 atom stereocenters. The number of aliphatic carboxylic acids is 1. The minimum absolute atomic E-state index is 0.332. The Labute approximate surface area is 97.9 Å². The van der Waals surface area contributed by atoms with Gasteiger partial charge in [0.15, 0.2) is 6.10 Å². The number of aliphatic hydroxyl groups excluding tert-OH is 1. The van der Waals surface area contributed by atoms with Crippen molar-refractivity contribution < 1.29 is 15.0 Å². The van der Waals surface area contributed by atoms with E-state index in [0.29, 0.717) is 18.0 Å². The number of pyridine rings is 1. The van der Waals surface area contributed by atoms with Crippen molar-refractivity contribution >= 4 is 17.6 Å². The van der Waals surface area contributed by atoms with Gasteiger partial charge >= 0.3 is 5.97 Å². The summed E-state index contributed by atoms with van der Waals surface area (Å²) in [5.74, 6) is -1.19. The van der Waals surface area contributed by atoms with E-state index in [4.69, 9.17) is 16.7 Å². The first kappa shape index (κ1) is 11.4. The highest BCUT2D eigenvalue weighted by Crippen LogP contribution is 2.51. The Morgan fingerprint density at radius 3 is 2.62 bits per heavy atom. The van der Waals surface area contributed by atoms with Crippen LogP contribution in [-0.4, -0.2) is 27.3 Å². The number of halogens is 1. The number of aliphatic hydroxyl groups is 1. The van der Waals surface area contributed by atoms with Gasteiger partial charge in [-0.1, -0.05) is 11.6 Å². The zero-order valence-corrected chi connectivity index (χ0v) is 9.53. The molecule has 0 bridgehead atoms. The highest BCUT2D eigenvalue weighted by atomic mass is 35.5. The molecule has 0 aromatic carbocycles. The van der Waals surface area contributed by atoms with Crippen LogP contribution in [0.25, 0.3) is 0 Å². The Kier molecular flexibility index (Phi) is 2.64. The van der Waals surface area contributed by atoms with Gasteiger partial charge in [0.1, 0.15) is 5.15 Å². The zero-order valence-electron chi connectivity index (χ0n) is 8.77. The maximum absolute atomic E-state index is 10.8. The van der Waals surface area contributed by atoms with Gasteiger partial charge in [0.25, 0.3) is 0 Å². The summed E-state index contributed by atoms with van der Waals surface area (Å²) in [4.78, 5) is 14.8. The van der Waals surface area contributed by atoms with Crippen LogP contribution in [-0.2, 0) is 10.2 Å². The Balaban J connectivity index is 2.40. The molecule has 1 aromatic rings. The molecule has 1 saturated carbocycles. The smallest absolute Gasteiger partial charge is 0.333 e. The summed E-state index contributed by atoms with van der Waals surface area (Å²) in [6, 6.07) is 3.42. The standard InChI is InChI=1S/C11H12ClNO3/c1-6-4-7(5-8(12)13-6)11(2-3-11)9(14)10(15)16/h4-5,9,14H,2-3H2,1H3,(H,15,16). The molecule has 86 valence electrons. The lowest BCUT2D eigenvalue weighted by atomic mass is 9.90. The lowest BCUT2D eigenvalue weighted by Gasteiger charge is -2.19. The maximum Gasteiger partial charge on any atom is 0.333 e. The molecule has 0 spiro atoms. The molecule has 0 amide bonds. The number of carbonyl (C=O) groups is 1. The first-order valence-electron chi connectivity index (χ1n) is 5.01. The van der Waals surface area contributed by atoms with Gasteiger partial charge in [-0.3, -0.25) is 0 Å². The highest BCUT2D eigenvalue weighted by molar-refractivity contribution is 6.29. The molecular weight excluding hydrogens is 230 g/mol. The zero-order chi connectivity index (χ0) is 11.9. The van der Waals surface area contributed by atoms with Gasteiger partial charge in [0.05, 0.1) is 0 Å². The van der Waals surface area contributed by atoms with Crippen molar-refractivity contribution in [2.45, 2.75) is 31.3 Å². The number of nitrogens with zero attached hydrogens (tertiary/aromatic N) is 1. The molecule has 0 aliphatic heterocycles. The lowest BCUT2D eigenvalue weighted by Crippen LogP contribution is -2.33. The third-order valence-corrected chi connectivity index (χ3v) is 3.24. The fraction of sp³-hybridized carbons (Fsp3) is 0.455. The Hall–Kier alpha value is -1.13. The third-order valence-electron chi connectivity index (χ3n) is 3.04. The first-order valence-corrected chi connectivity index (χ1v) is 5.39. The van der Waals surface area contributed by atoms with E-state index in [-0.39, 0.29) is 0 Å². The van der Waals surface area contributed by atoms with E-state index >= 15 is 0 Å². The van der Waals surface area contributed by atoms with Crippen molar-refractivity contribution in [3.8, 4) is 0 Å². The van der Waals surface area contributed by atoms with Crippen LogP contribution in [0.5, 0.6) is 0 Å². The second-order valence-electron chi connectivity index (χ2n) is 4.22. The van der Waals surface area contributed by atoms with E-state index in [1.54, 1.807) is 19.1 Å². The van der Waals surface area contributed by atoms with Gasteiger partial charge in [-0.05, 0) is 37.5 Å². The van der Waals surface area contributed by atoms with Crippen LogP contribution in [0.3, 0.4) is 0 Å². The van der Waals surface area contributed by atoms with Crippen LogP contribution in [0.4, 0.5) is 0 Å². The molecule has 1 aliphatic rings. The van der Waals surface area contributed by atoms with Crippen molar-refractivity contribution in [1.82, 2.24) is 4.98 Å². The molecule has 0 radical (unpaired) electrons. The van der Waals surface area contributed by atoms with Crippen LogP contribution in [0, 0.1) is 6.92 Å². The third kappa shape index (κ3) is 1.79. The Morgan fingerprint density at radius 1 is 1.56 bits per heavy atom. The van der Waals surface area contributed by atoms with Gasteiger partial charge < -0.3 is 10.2 Å². The van der Waals surface area contributed by atoms with Crippen LogP contribution in [0.2, 0.25) is 5.15 Å². The average molecular weight is 242 g/mol.